The highest BCUT2D eigenvalue weighted by Gasteiger charge is 2.09. The van der Waals surface area contributed by atoms with Gasteiger partial charge in [-0.25, -0.2) is 4.39 Å². The van der Waals surface area contributed by atoms with Crippen molar-refractivity contribution >= 4 is 21.8 Å². The molecule has 1 amide bonds. The second-order valence-electron chi connectivity index (χ2n) is 4.11. The zero-order valence-corrected chi connectivity index (χ0v) is 11.9. The first-order valence-corrected chi connectivity index (χ1v) is 6.50. The number of hydrogen-bond acceptors (Lipinski definition) is 2. The van der Waals surface area contributed by atoms with Gasteiger partial charge in [0, 0.05) is 24.5 Å². The van der Waals surface area contributed by atoms with Gasteiger partial charge >= 0.3 is 0 Å². The number of pyridine rings is 1. The number of hydrogen-bond donors (Lipinski definition) is 1. The number of nitrogens with one attached hydrogen (secondary N) is 1. The van der Waals surface area contributed by atoms with Crippen LogP contribution in [0.1, 0.15) is 21.5 Å². The number of benzene rings is 1. The van der Waals surface area contributed by atoms with Gasteiger partial charge < -0.3 is 5.32 Å². The van der Waals surface area contributed by atoms with Crippen molar-refractivity contribution in [2.45, 2.75) is 13.5 Å². The van der Waals surface area contributed by atoms with Crippen LogP contribution in [-0.4, -0.2) is 10.9 Å². The van der Waals surface area contributed by atoms with Gasteiger partial charge in [0.05, 0.1) is 4.47 Å². The summed E-state index contributed by atoms with van der Waals surface area (Å²) in [6, 6.07) is 6.16. The van der Waals surface area contributed by atoms with E-state index in [1.165, 1.54) is 12.1 Å². The van der Waals surface area contributed by atoms with Gasteiger partial charge in [0.25, 0.3) is 5.91 Å². The predicted molar refractivity (Wildman–Crippen MR) is 74.2 cm³/mol. The average molecular weight is 323 g/mol. The van der Waals surface area contributed by atoms with E-state index in [-0.39, 0.29) is 5.91 Å². The van der Waals surface area contributed by atoms with E-state index in [2.05, 4.69) is 26.2 Å². The van der Waals surface area contributed by atoms with Crippen LogP contribution in [0, 0.1) is 12.7 Å². The fourth-order valence-corrected chi connectivity index (χ4v) is 1.84. The minimum Gasteiger partial charge on any atom is -0.348 e. The summed E-state index contributed by atoms with van der Waals surface area (Å²) in [5, 5.41) is 2.74. The molecule has 1 heterocycles. The van der Waals surface area contributed by atoms with E-state index in [0.29, 0.717) is 16.6 Å². The number of amides is 1. The summed E-state index contributed by atoms with van der Waals surface area (Å²) in [7, 11) is 0. The van der Waals surface area contributed by atoms with Crippen LogP contribution in [0.2, 0.25) is 0 Å². The molecule has 0 fully saturated rings. The normalized spacial score (nSPS) is 10.3. The van der Waals surface area contributed by atoms with Crippen molar-refractivity contribution in [3.05, 3.63) is 63.6 Å². The number of halogens is 2. The van der Waals surface area contributed by atoms with Gasteiger partial charge in [0.1, 0.15) is 5.82 Å². The van der Waals surface area contributed by atoms with Crippen LogP contribution in [0.25, 0.3) is 0 Å². The summed E-state index contributed by atoms with van der Waals surface area (Å²) < 4.78 is 13.7. The van der Waals surface area contributed by atoms with Crippen LogP contribution in [0.5, 0.6) is 0 Å². The molecule has 0 spiro atoms. The molecule has 2 rings (SSSR count). The SMILES string of the molecule is Cc1ccncc1CNC(=O)c1ccc(Br)c(F)c1. The minimum atomic E-state index is -0.454. The maximum absolute atomic E-state index is 13.3. The van der Waals surface area contributed by atoms with Gasteiger partial charge in [-0.2, -0.15) is 0 Å². The highest BCUT2D eigenvalue weighted by atomic mass is 79.9. The number of aromatic nitrogens is 1. The molecule has 0 aliphatic rings. The lowest BCUT2D eigenvalue weighted by atomic mass is 10.1. The number of carbonyl (C=O) groups is 1. The standard InChI is InChI=1S/C14H12BrFN2O/c1-9-4-5-17-7-11(9)8-18-14(19)10-2-3-12(15)13(16)6-10/h2-7H,8H2,1H3,(H,18,19). The Bertz CT molecular complexity index is 616. The molecule has 0 bridgehead atoms. The van der Waals surface area contributed by atoms with E-state index in [1.807, 2.05) is 13.0 Å². The zero-order chi connectivity index (χ0) is 13.8. The van der Waals surface area contributed by atoms with E-state index in [4.69, 9.17) is 0 Å². The molecule has 0 saturated heterocycles. The van der Waals surface area contributed by atoms with Gasteiger partial charge in [0.2, 0.25) is 0 Å². The average Bonchev–Trinajstić information content (AvgIpc) is 2.40. The lowest BCUT2D eigenvalue weighted by Crippen LogP contribution is -2.23. The monoisotopic (exact) mass is 322 g/mol. The number of nitrogens with zero attached hydrogens (tertiary/aromatic N) is 1. The minimum absolute atomic E-state index is 0.294. The third-order valence-electron chi connectivity index (χ3n) is 2.77. The number of rotatable bonds is 3. The topological polar surface area (TPSA) is 42.0 Å². The molecule has 0 saturated carbocycles. The van der Waals surface area contributed by atoms with Crippen LogP contribution >= 0.6 is 15.9 Å². The second kappa shape index (κ2) is 5.93. The molecule has 19 heavy (non-hydrogen) atoms. The van der Waals surface area contributed by atoms with E-state index >= 15 is 0 Å². The summed E-state index contributed by atoms with van der Waals surface area (Å²) in [6.45, 7) is 2.32. The highest BCUT2D eigenvalue weighted by Crippen LogP contribution is 2.16. The molecular formula is C14H12BrFN2O. The van der Waals surface area contributed by atoms with Crippen molar-refractivity contribution in [3.8, 4) is 0 Å². The molecule has 2 aromatic rings. The smallest absolute Gasteiger partial charge is 0.251 e. The summed E-state index contributed by atoms with van der Waals surface area (Å²) in [5.74, 6) is -0.764. The molecule has 3 nitrogen and oxygen atoms in total. The van der Waals surface area contributed by atoms with Crippen LogP contribution in [0.3, 0.4) is 0 Å². The van der Waals surface area contributed by atoms with Crippen LogP contribution in [0.15, 0.2) is 41.1 Å². The van der Waals surface area contributed by atoms with Crippen molar-refractivity contribution in [2.24, 2.45) is 0 Å². The van der Waals surface area contributed by atoms with Crippen molar-refractivity contribution < 1.29 is 9.18 Å². The van der Waals surface area contributed by atoms with E-state index in [9.17, 15) is 9.18 Å². The molecule has 1 aromatic heterocycles. The third kappa shape index (κ3) is 3.38. The zero-order valence-electron chi connectivity index (χ0n) is 10.3. The Morgan fingerprint density at radius 1 is 1.42 bits per heavy atom. The van der Waals surface area contributed by atoms with E-state index in [1.54, 1.807) is 18.5 Å². The van der Waals surface area contributed by atoms with Gasteiger partial charge in [0.15, 0.2) is 0 Å². The Morgan fingerprint density at radius 3 is 2.89 bits per heavy atom. The Labute approximate surface area is 119 Å². The predicted octanol–water partition coefficient (Wildman–Crippen LogP) is 3.22. The molecule has 0 atom stereocenters. The molecule has 0 aliphatic carbocycles. The first-order chi connectivity index (χ1) is 9.08. The van der Waals surface area contributed by atoms with Crippen molar-refractivity contribution in [3.63, 3.8) is 0 Å². The maximum Gasteiger partial charge on any atom is 0.251 e. The molecule has 0 unspecified atom stereocenters. The fourth-order valence-electron chi connectivity index (χ4n) is 1.60. The van der Waals surface area contributed by atoms with Crippen LogP contribution < -0.4 is 5.32 Å². The largest absolute Gasteiger partial charge is 0.348 e. The summed E-state index contributed by atoms with van der Waals surface area (Å²) in [6.07, 6.45) is 3.41. The van der Waals surface area contributed by atoms with Crippen molar-refractivity contribution in [1.29, 1.82) is 0 Å². The van der Waals surface area contributed by atoms with Gasteiger partial charge in [-0.1, -0.05) is 0 Å². The molecule has 98 valence electrons. The molecule has 1 aromatic carbocycles. The fraction of sp³-hybridized carbons (Fsp3) is 0.143. The van der Waals surface area contributed by atoms with Gasteiger partial charge in [-0.15, -0.1) is 0 Å². The Morgan fingerprint density at radius 2 is 2.21 bits per heavy atom. The lowest BCUT2D eigenvalue weighted by Gasteiger charge is -2.07. The lowest BCUT2D eigenvalue weighted by molar-refractivity contribution is 0.0950. The Hall–Kier alpha value is -1.75. The quantitative estimate of drug-likeness (QED) is 0.942. The maximum atomic E-state index is 13.3. The van der Waals surface area contributed by atoms with E-state index < -0.39 is 5.82 Å². The Kier molecular flexibility index (Phi) is 4.27. The van der Waals surface area contributed by atoms with Crippen LogP contribution in [0.4, 0.5) is 4.39 Å². The molecule has 0 radical (unpaired) electrons. The molecular weight excluding hydrogens is 311 g/mol. The first kappa shape index (κ1) is 13.7. The Balaban J connectivity index is 2.05. The van der Waals surface area contributed by atoms with Crippen molar-refractivity contribution in [1.82, 2.24) is 10.3 Å². The second-order valence-corrected chi connectivity index (χ2v) is 4.97. The highest BCUT2D eigenvalue weighted by molar-refractivity contribution is 9.10. The summed E-state index contributed by atoms with van der Waals surface area (Å²) in [5.41, 5.74) is 2.29. The van der Waals surface area contributed by atoms with Gasteiger partial charge in [-0.05, 0) is 58.2 Å². The van der Waals surface area contributed by atoms with Gasteiger partial charge in [-0.3, -0.25) is 9.78 Å². The third-order valence-corrected chi connectivity index (χ3v) is 3.41. The van der Waals surface area contributed by atoms with E-state index in [0.717, 1.165) is 11.1 Å². The number of aryl methyl sites for hydroxylation is 1. The number of carbonyl (C=O) groups excluding carboxylic acids is 1. The van der Waals surface area contributed by atoms with Crippen LogP contribution in [-0.2, 0) is 6.54 Å². The first-order valence-electron chi connectivity index (χ1n) is 5.70. The summed E-state index contributed by atoms with van der Waals surface area (Å²) >= 11 is 3.05. The molecule has 1 N–H and O–H groups in total. The summed E-state index contributed by atoms with van der Waals surface area (Å²) in [4.78, 5) is 15.9. The van der Waals surface area contributed by atoms with Crippen molar-refractivity contribution in [2.75, 3.05) is 0 Å². The molecule has 0 aliphatic heterocycles. The molecule has 5 heteroatoms.